The molecule has 1 aromatic rings. The Labute approximate surface area is 114 Å². The largest absolute Gasteiger partial charge is 0.468 e. The van der Waals surface area contributed by atoms with E-state index < -0.39 is 43.9 Å². The van der Waals surface area contributed by atoms with Gasteiger partial charge in [0.15, 0.2) is 0 Å². The van der Waals surface area contributed by atoms with E-state index in [0.717, 1.165) is 20.2 Å². The Hall–Kier alpha value is -2.07. The Bertz CT molecular complexity index is 645. The molecule has 0 aliphatic carbocycles. The maximum atomic E-state index is 13.2. The number of methoxy groups -OCH3 is 1. The van der Waals surface area contributed by atoms with E-state index in [0.29, 0.717) is 16.4 Å². The van der Waals surface area contributed by atoms with Crippen LogP contribution in [0.1, 0.15) is 0 Å². The van der Waals surface area contributed by atoms with E-state index in [1.807, 2.05) is 0 Å². The molecular weight excluding hydrogens is 295 g/mol. The number of hydrogen-bond donors (Lipinski definition) is 0. The molecule has 0 aliphatic heterocycles. The lowest BCUT2D eigenvalue weighted by molar-refractivity contribution is -0.387. The summed E-state index contributed by atoms with van der Waals surface area (Å²) < 4.78 is 42.2. The summed E-state index contributed by atoms with van der Waals surface area (Å²) in [5.41, 5.74) is -0.961. The minimum absolute atomic E-state index is 0.489. The number of sulfonamides is 1. The molecule has 0 unspecified atom stereocenters. The lowest BCUT2D eigenvalue weighted by Gasteiger charge is -2.15. The topological polar surface area (TPSA) is 107 Å². The standard InChI is InChI=1S/C10H11FN2O6S/c1-12(6-10(14)19-2)20(17,18)7-3-4-8(11)9(5-7)13(15)16/h3-5H,6H2,1-2H3. The number of nitro benzene ring substituents is 1. The lowest BCUT2D eigenvalue weighted by Crippen LogP contribution is -2.32. The van der Waals surface area contributed by atoms with Crippen molar-refractivity contribution in [1.82, 2.24) is 4.31 Å². The zero-order valence-corrected chi connectivity index (χ0v) is 11.4. The van der Waals surface area contributed by atoms with Crippen molar-refractivity contribution in [3.63, 3.8) is 0 Å². The summed E-state index contributed by atoms with van der Waals surface area (Å²) >= 11 is 0. The van der Waals surface area contributed by atoms with Crippen LogP contribution in [-0.4, -0.2) is 44.3 Å². The monoisotopic (exact) mass is 306 g/mol. The van der Waals surface area contributed by atoms with Crippen LogP contribution in [-0.2, 0) is 19.6 Å². The predicted octanol–water partition coefficient (Wildman–Crippen LogP) is 0.527. The van der Waals surface area contributed by atoms with Gasteiger partial charge in [-0.1, -0.05) is 0 Å². The molecule has 0 saturated heterocycles. The summed E-state index contributed by atoms with van der Waals surface area (Å²) in [6.07, 6.45) is 0. The number of esters is 1. The number of benzene rings is 1. The highest BCUT2D eigenvalue weighted by molar-refractivity contribution is 7.89. The Morgan fingerprint density at radius 1 is 1.50 bits per heavy atom. The number of ether oxygens (including phenoxy) is 1. The third-order valence-electron chi connectivity index (χ3n) is 2.40. The molecule has 110 valence electrons. The molecule has 1 aromatic carbocycles. The van der Waals surface area contributed by atoms with Crippen molar-refractivity contribution in [1.29, 1.82) is 0 Å². The average Bonchev–Trinajstić information content (AvgIpc) is 2.38. The molecule has 20 heavy (non-hydrogen) atoms. The first kappa shape index (κ1) is 16.0. The van der Waals surface area contributed by atoms with Gasteiger partial charge < -0.3 is 4.74 Å². The predicted molar refractivity (Wildman–Crippen MR) is 64.9 cm³/mol. The van der Waals surface area contributed by atoms with Gasteiger partial charge in [0.05, 0.1) is 16.9 Å². The quantitative estimate of drug-likeness (QED) is 0.446. The molecule has 8 nitrogen and oxygen atoms in total. The summed E-state index contributed by atoms with van der Waals surface area (Å²) in [5, 5.41) is 10.6. The molecule has 0 radical (unpaired) electrons. The van der Waals surface area contributed by atoms with Crippen molar-refractivity contribution >= 4 is 21.7 Å². The summed E-state index contributed by atoms with van der Waals surface area (Å²) in [7, 11) is -1.97. The van der Waals surface area contributed by atoms with Gasteiger partial charge in [-0.05, 0) is 12.1 Å². The van der Waals surface area contributed by atoms with Crippen LogP contribution in [0.3, 0.4) is 0 Å². The summed E-state index contributed by atoms with van der Waals surface area (Å²) in [5.74, 6) is -1.95. The molecule has 0 atom stereocenters. The fourth-order valence-electron chi connectivity index (χ4n) is 1.30. The third-order valence-corrected chi connectivity index (χ3v) is 4.20. The summed E-state index contributed by atoms with van der Waals surface area (Å²) in [6.45, 7) is -0.565. The van der Waals surface area contributed by atoms with Crippen molar-refractivity contribution in [3.05, 3.63) is 34.1 Å². The Kier molecular flexibility index (Phi) is 4.73. The Morgan fingerprint density at radius 3 is 2.60 bits per heavy atom. The van der Waals surface area contributed by atoms with E-state index in [-0.39, 0.29) is 0 Å². The first-order valence-electron chi connectivity index (χ1n) is 5.17. The fraction of sp³-hybridized carbons (Fsp3) is 0.300. The van der Waals surface area contributed by atoms with E-state index in [1.54, 1.807) is 0 Å². The van der Waals surface area contributed by atoms with Crippen molar-refractivity contribution in [2.24, 2.45) is 0 Å². The molecule has 0 N–H and O–H groups in total. The van der Waals surface area contributed by atoms with Gasteiger partial charge in [-0.25, -0.2) is 8.42 Å². The van der Waals surface area contributed by atoms with Crippen LogP contribution >= 0.6 is 0 Å². The first-order valence-corrected chi connectivity index (χ1v) is 6.61. The molecule has 0 saturated carbocycles. The van der Waals surface area contributed by atoms with E-state index in [9.17, 15) is 27.7 Å². The van der Waals surface area contributed by atoms with Crippen molar-refractivity contribution < 1.29 is 27.3 Å². The number of hydrogen-bond acceptors (Lipinski definition) is 6. The number of nitrogens with zero attached hydrogens (tertiary/aromatic N) is 2. The van der Waals surface area contributed by atoms with Gasteiger partial charge in [0.25, 0.3) is 0 Å². The number of carbonyl (C=O) groups is 1. The number of carbonyl (C=O) groups excluding carboxylic acids is 1. The van der Waals surface area contributed by atoms with Crippen LogP contribution in [0.5, 0.6) is 0 Å². The van der Waals surface area contributed by atoms with Gasteiger partial charge >= 0.3 is 11.7 Å². The van der Waals surface area contributed by atoms with Crippen LogP contribution < -0.4 is 0 Å². The molecule has 1 rings (SSSR count). The number of halogens is 1. The number of rotatable bonds is 5. The molecule has 0 aromatic heterocycles. The Balaban J connectivity index is 3.19. The van der Waals surface area contributed by atoms with E-state index in [2.05, 4.69) is 4.74 Å². The molecular formula is C10H11FN2O6S. The number of nitro groups is 1. The molecule has 0 fully saturated rings. The molecule has 0 amide bonds. The van der Waals surface area contributed by atoms with E-state index >= 15 is 0 Å². The normalized spacial score (nSPS) is 11.4. The van der Waals surface area contributed by atoms with Crippen LogP contribution in [0.4, 0.5) is 10.1 Å². The Morgan fingerprint density at radius 2 is 2.10 bits per heavy atom. The molecule has 0 bridgehead atoms. The SMILES string of the molecule is COC(=O)CN(C)S(=O)(=O)c1ccc(F)c([N+](=O)[O-])c1. The van der Waals surface area contributed by atoms with Gasteiger partial charge in [0.1, 0.15) is 6.54 Å². The highest BCUT2D eigenvalue weighted by Crippen LogP contribution is 2.23. The second kappa shape index (κ2) is 5.92. The van der Waals surface area contributed by atoms with E-state index in [4.69, 9.17) is 0 Å². The van der Waals surface area contributed by atoms with Gasteiger partial charge in [-0.2, -0.15) is 8.70 Å². The van der Waals surface area contributed by atoms with Gasteiger partial charge in [-0.3, -0.25) is 14.9 Å². The maximum Gasteiger partial charge on any atom is 0.321 e. The molecule has 0 aliphatic rings. The lowest BCUT2D eigenvalue weighted by atomic mass is 10.3. The highest BCUT2D eigenvalue weighted by atomic mass is 32.2. The van der Waals surface area contributed by atoms with Crippen molar-refractivity contribution in [2.75, 3.05) is 20.7 Å². The smallest absolute Gasteiger partial charge is 0.321 e. The molecule has 0 heterocycles. The summed E-state index contributed by atoms with van der Waals surface area (Å²) in [6, 6.07) is 2.15. The van der Waals surface area contributed by atoms with Gasteiger partial charge in [0.2, 0.25) is 15.8 Å². The second-order valence-corrected chi connectivity index (χ2v) is 5.75. The summed E-state index contributed by atoms with van der Waals surface area (Å²) in [4.78, 5) is 20.1. The zero-order chi connectivity index (χ0) is 15.5. The van der Waals surface area contributed by atoms with Crippen molar-refractivity contribution in [2.45, 2.75) is 4.90 Å². The second-order valence-electron chi connectivity index (χ2n) is 3.71. The fourth-order valence-corrected chi connectivity index (χ4v) is 2.44. The van der Waals surface area contributed by atoms with Gasteiger partial charge in [0, 0.05) is 13.1 Å². The minimum atomic E-state index is -4.16. The third kappa shape index (κ3) is 3.27. The van der Waals surface area contributed by atoms with Crippen LogP contribution in [0, 0.1) is 15.9 Å². The zero-order valence-electron chi connectivity index (χ0n) is 10.6. The van der Waals surface area contributed by atoms with Crippen molar-refractivity contribution in [3.8, 4) is 0 Å². The first-order chi connectivity index (χ1) is 9.20. The highest BCUT2D eigenvalue weighted by Gasteiger charge is 2.26. The molecule has 0 spiro atoms. The average molecular weight is 306 g/mol. The minimum Gasteiger partial charge on any atom is -0.468 e. The van der Waals surface area contributed by atoms with Crippen LogP contribution in [0.15, 0.2) is 23.1 Å². The van der Waals surface area contributed by atoms with Crippen LogP contribution in [0.25, 0.3) is 0 Å². The van der Waals surface area contributed by atoms with Gasteiger partial charge in [-0.15, -0.1) is 0 Å². The maximum absolute atomic E-state index is 13.2. The molecule has 10 heteroatoms. The number of likely N-dealkylation sites (N-methyl/N-ethyl adjacent to an activating group) is 1. The van der Waals surface area contributed by atoms with Crippen LogP contribution in [0.2, 0.25) is 0 Å². The van der Waals surface area contributed by atoms with E-state index in [1.165, 1.54) is 0 Å².